The zero-order valence-electron chi connectivity index (χ0n) is 14.3. The zero-order valence-corrected chi connectivity index (χ0v) is 15.1. The molecule has 0 spiro atoms. The summed E-state index contributed by atoms with van der Waals surface area (Å²) in [7, 11) is 0. The molecule has 0 radical (unpaired) electrons. The van der Waals surface area contributed by atoms with Crippen molar-refractivity contribution in [3.63, 3.8) is 0 Å². The molecule has 1 aromatic heterocycles. The van der Waals surface area contributed by atoms with Gasteiger partial charge in [-0.05, 0) is 29.7 Å². The molecule has 0 saturated carbocycles. The highest BCUT2D eigenvalue weighted by Gasteiger charge is 2.18. The summed E-state index contributed by atoms with van der Waals surface area (Å²) in [6, 6.07) is 18.0. The maximum absolute atomic E-state index is 12.2. The number of halogens is 1. The number of hydrogen-bond acceptors (Lipinski definition) is 3. The lowest BCUT2D eigenvalue weighted by atomic mass is 10.1. The summed E-state index contributed by atoms with van der Waals surface area (Å²) in [4.78, 5) is 22.8. The molecule has 0 aliphatic heterocycles. The Hall–Kier alpha value is -3.25. The van der Waals surface area contributed by atoms with E-state index in [-0.39, 0.29) is 23.8 Å². The lowest BCUT2D eigenvalue weighted by Crippen LogP contribution is -2.39. The van der Waals surface area contributed by atoms with E-state index in [1.807, 2.05) is 42.7 Å². The number of pyridine rings is 1. The molecular weight excluding hydrogens is 366 g/mol. The normalized spacial score (nSPS) is 10.4. The average molecular weight is 383 g/mol. The Morgan fingerprint density at radius 3 is 2.37 bits per heavy atom. The number of rotatable bonds is 6. The van der Waals surface area contributed by atoms with Gasteiger partial charge < -0.3 is 5.32 Å². The van der Waals surface area contributed by atoms with Gasteiger partial charge in [0, 0.05) is 23.2 Å². The molecule has 27 heavy (non-hydrogen) atoms. The van der Waals surface area contributed by atoms with E-state index < -0.39 is 4.92 Å². The molecule has 0 aliphatic carbocycles. The Labute approximate surface area is 161 Å². The summed E-state index contributed by atoms with van der Waals surface area (Å²) in [5.41, 5.74) is 2.22. The number of anilines is 1. The molecular formula is C20H17ClN3O3+. The fraction of sp³-hybridized carbons (Fsp3) is 0.100. The quantitative estimate of drug-likeness (QED) is 0.400. The second-order valence-electron chi connectivity index (χ2n) is 6.01. The number of amides is 1. The van der Waals surface area contributed by atoms with Crippen LogP contribution in [0.4, 0.5) is 11.4 Å². The van der Waals surface area contributed by atoms with Crippen LogP contribution in [-0.4, -0.2) is 10.8 Å². The maximum atomic E-state index is 12.2. The van der Waals surface area contributed by atoms with Gasteiger partial charge in [0.25, 0.3) is 11.6 Å². The van der Waals surface area contributed by atoms with Gasteiger partial charge in [0.15, 0.2) is 12.4 Å². The maximum Gasteiger partial charge on any atom is 0.292 e. The van der Waals surface area contributed by atoms with Gasteiger partial charge in [0.1, 0.15) is 5.69 Å². The Kier molecular flexibility index (Phi) is 5.78. The first-order valence-corrected chi connectivity index (χ1v) is 8.65. The van der Waals surface area contributed by atoms with Crippen molar-refractivity contribution in [2.45, 2.75) is 13.0 Å². The molecule has 2 aromatic carbocycles. The van der Waals surface area contributed by atoms with Crippen molar-refractivity contribution in [1.29, 1.82) is 0 Å². The highest BCUT2D eigenvalue weighted by molar-refractivity contribution is 6.31. The van der Waals surface area contributed by atoms with Crippen LogP contribution in [0.1, 0.15) is 11.1 Å². The predicted molar refractivity (Wildman–Crippen MR) is 103 cm³/mol. The lowest BCUT2D eigenvalue weighted by molar-refractivity contribution is -0.684. The molecule has 7 heteroatoms. The molecule has 1 heterocycles. The second-order valence-corrected chi connectivity index (χ2v) is 6.44. The monoisotopic (exact) mass is 382 g/mol. The first-order valence-electron chi connectivity index (χ1n) is 8.27. The number of carbonyl (C=O) groups is 1. The predicted octanol–water partition coefficient (Wildman–Crippen LogP) is 3.77. The van der Waals surface area contributed by atoms with Crippen LogP contribution in [0.15, 0.2) is 73.1 Å². The minimum absolute atomic E-state index is 0.0370. The molecule has 1 amide bonds. The van der Waals surface area contributed by atoms with Gasteiger partial charge in [-0.15, -0.1) is 0 Å². The van der Waals surface area contributed by atoms with Gasteiger partial charge in [-0.1, -0.05) is 41.9 Å². The summed E-state index contributed by atoms with van der Waals surface area (Å²) in [5.74, 6) is -0.374. The molecule has 136 valence electrons. The second kappa shape index (κ2) is 8.42. The first kappa shape index (κ1) is 18.5. The fourth-order valence-electron chi connectivity index (χ4n) is 2.67. The van der Waals surface area contributed by atoms with Gasteiger partial charge in [-0.25, -0.2) is 0 Å². The molecule has 3 aromatic rings. The van der Waals surface area contributed by atoms with Crippen LogP contribution < -0.4 is 9.88 Å². The summed E-state index contributed by atoms with van der Waals surface area (Å²) >= 11 is 5.87. The van der Waals surface area contributed by atoms with Crippen molar-refractivity contribution in [2.24, 2.45) is 0 Å². The largest absolute Gasteiger partial charge is 0.315 e. The molecule has 0 atom stereocenters. The van der Waals surface area contributed by atoms with E-state index in [2.05, 4.69) is 17.4 Å². The van der Waals surface area contributed by atoms with Crippen molar-refractivity contribution < 1.29 is 14.3 Å². The van der Waals surface area contributed by atoms with Gasteiger partial charge in [0.05, 0.1) is 4.92 Å². The van der Waals surface area contributed by atoms with Crippen LogP contribution in [0.2, 0.25) is 5.02 Å². The molecule has 0 fully saturated rings. The third kappa shape index (κ3) is 5.12. The van der Waals surface area contributed by atoms with E-state index in [4.69, 9.17) is 11.6 Å². The van der Waals surface area contributed by atoms with E-state index in [1.54, 1.807) is 4.57 Å². The SMILES string of the molecule is O=C(C[n+]1ccc(Cc2ccccc2)cc1)Nc1cc(Cl)ccc1[N+](=O)[O-]. The topological polar surface area (TPSA) is 76.1 Å². The van der Waals surface area contributed by atoms with Crippen molar-refractivity contribution in [3.05, 3.63) is 99.3 Å². The Balaban J connectivity index is 1.65. The van der Waals surface area contributed by atoms with E-state index >= 15 is 0 Å². The standard InChI is InChI=1S/C20H16ClN3O3/c21-17-6-7-19(24(26)27)18(13-17)22-20(25)14-23-10-8-16(9-11-23)12-15-4-2-1-3-5-15/h1-11,13H,12,14H2/p+1. The highest BCUT2D eigenvalue weighted by atomic mass is 35.5. The molecule has 0 saturated heterocycles. The number of nitro groups is 1. The minimum Gasteiger partial charge on any atom is -0.315 e. The van der Waals surface area contributed by atoms with Crippen LogP contribution in [0.5, 0.6) is 0 Å². The van der Waals surface area contributed by atoms with Crippen molar-refractivity contribution in [1.82, 2.24) is 0 Å². The van der Waals surface area contributed by atoms with Crippen molar-refractivity contribution >= 4 is 28.9 Å². The lowest BCUT2D eigenvalue weighted by Gasteiger charge is -2.05. The number of nitrogens with zero attached hydrogens (tertiary/aromatic N) is 2. The van der Waals surface area contributed by atoms with Crippen LogP contribution in [0, 0.1) is 10.1 Å². The van der Waals surface area contributed by atoms with Gasteiger partial charge in [0.2, 0.25) is 6.54 Å². The molecule has 0 aliphatic rings. The van der Waals surface area contributed by atoms with E-state index in [9.17, 15) is 14.9 Å². The third-order valence-corrected chi connectivity index (χ3v) is 4.20. The highest BCUT2D eigenvalue weighted by Crippen LogP contribution is 2.27. The average Bonchev–Trinajstić information content (AvgIpc) is 2.64. The molecule has 6 nitrogen and oxygen atoms in total. The molecule has 3 rings (SSSR count). The number of benzene rings is 2. The molecule has 0 bridgehead atoms. The summed E-state index contributed by atoms with van der Waals surface area (Å²) in [6.07, 6.45) is 4.43. The van der Waals surface area contributed by atoms with E-state index in [1.165, 1.54) is 23.8 Å². The zero-order chi connectivity index (χ0) is 19.2. The Morgan fingerprint density at radius 1 is 1.04 bits per heavy atom. The van der Waals surface area contributed by atoms with Crippen LogP contribution in [0.25, 0.3) is 0 Å². The van der Waals surface area contributed by atoms with Gasteiger partial charge in [-0.3, -0.25) is 14.9 Å². The number of nitro benzene ring substituents is 1. The summed E-state index contributed by atoms with van der Waals surface area (Å²) < 4.78 is 1.71. The number of carbonyl (C=O) groups excluding carboxylic acids is 1. The Bertz CT molecular complexity index is 960. The third-order valence-electron chi connectivity index (χ3n) is 3.97. The minimum atomic E-state index is -0.558. The van der Waals surface area contributed by atoms with Gasteiger partial charge >= 0.3 is 0 Å². The van der Waals surface area contributed by atoms with Crippen LogP contribution in [0.3, 0.4) is 0 Å². The van der Waals surface area contributed by atoms with Crippen LogP contribution >= 0.6 is 11.6 Å². The number of aromatic nitrogens is 1. The van der Waals surface area contributed by atoms with E-state index in [0.29, 0.717) is 5.02 Å². The number of hydrogen-bond donors (Lipinski definition) is 1. The Morgan fingerprint density at radius 2 is 1.70 bits per heavy atom. The first-order chi connectivity index (χ1) is 13.0. The van der Waals surface area contributed by atoms with E-state index in [0.717, 1.165) is 12.0 Å². The van der Waals surface area contributed by atoms with Gasteiger partial charge in [-0.2, -0.15) is 4.57 Å². The molecule has 0 unspecified atom stereocenters. The fourth-order valence-corrected chi connectivity index (χ4v) is 2.84. The number of nitrogens with one attached hydrogen (secondary N) is 1. The van der Waals surface area contributed by atoms with Crippen molar-refractivity contribution in [3.8, 4) is 0 Å². The summed E-state index contributed by atoms with van der Waals surface area (Å²) in [5, 5.41) is 13.9. The summed E-state index contributed by atoms with van der Waals surface area (Å²) in [6.45, 7) is 0.0370. The van der Waals surface area contributed by atoms with Crippen LogP contribution in [-0.2, 0) is 17.8 Å². The van der Waals surface area contributed by atoms with Crippen molar-refractivity contribution in [2.75, 3.05) is 5.32 Å². The smallest absolute Gasteiger partial charge is 0.292 e. The molecule has 1 N–H and O–H groups in total.